The van der Waals surface area contributed by atoms with E-state index in [-0.39, 0.29) is 23.5 Å². The van der Waals surface area contributed by atoms with Crippen molar-refractivity contribution in [1.82, 2.24) is 4.72 Å². The zero-order valence-electron chi connectivity index (χ0n) is 16.1. The predicted molar refractivity (Wildman–Crippen MR) is 111 cm³/mol. The van der Waals surface area contributed by atoms with Crippen LogP contribution in [0.1, 0.15) is 18.4 Å². The SMILES string of the molecule is COc1ccc(/C=C/C(=O)Nc2ccc(S(=O)(=O)NCC3CCCO3)cc2)cc1. The summed E-state index contributed by atoms with van der Waals surface area (Å²) < 4.78 is 37.8. The highest BCUT2D eigenvalue weighted by atomic mass is 32.2. The monoisotopic (exact) mass is 416 g/mol. The molecule has 1 fully saturated rings. The third-order valence-corrected chi connectivity index (χ3v) is 5.94. The van der Waals surface area contributed by atoms with Gasteiger partial charge in [-0.1, -0.05) is 12.1 Å². The van der Waals surface area contributed by atoms with Crippen molar-refractivity contribution >= 4 is 27.7 Å². The van der Waals surface area contributed by atoms with E-state index in [1.807, 2.05) is 24.3 Å². The Morgan fingerprint density at radius 2 is 1.90 bits per heavy atom. The smallest absolute Gasteiger partial charge is 0.248 e. The number of rotatable bonds is 8. The van der Waals surface area contributed by atoms with Gasteiger partial charge < -0.3 is 14.8 Å². The Bertz CT molecular complexity index is 948. The number of hydrogen-bond donors (Lipinski definition) is 2. The molecule has 1 unspecified atom stereocenters. The first-order valence-corrected chi connectivity index (χ1v) is 10.8. The minimum absolute atomic E-state index is 0.0687. The fourth-order valence-electron chi connectivity index (χ4n) is 2.88. The normalized spacial score (nSPS) is 16.8. The maximum atomic E-state index is 12.4. The van der Waals surface area contributed by atoms with Gasteiger partial charge in [0.2, 0.25) is 15.9 Å². The zero-order valence-corrected chi connectivity index (χ0v) is 16.9. The lowest BCUT2D eigenvalue weighted by Gasteiger charge is -2.11. The molecule has 0 radical (unpaired) electrons. The third kappa shape index (κ3) is 6.15. The van der Waals surface area contributed by atoms with Crippen LogP contribution >= 0.6 is 0 Å². The Morgan fingerprint density at radius 1 is 1.17 bits per heavy atom. The highest BCUT2D eigenvalue weighted by Gasteiger charge is 2.20. The van der Waals surface area contributed by atoms with Crippen LogP contribution in [-0.2, 0) is 19.6 Å². The van der Waals surface area contributed by atoms with Crippen molar-refractivity contribution in [2.45, 2.75) is 23.8 Å². The lowest BCUT2D eigenvalue weighted by atomic mass is 10.2. The van der Waals surface area contributed by atoms with Crippen LogP contribution in [0.15, 0.2) is 59.5 Å². The summed E-state index contributed by atoms with van der Waals surface area (Å²) >= 11 is 0. The van der Waals surface area contributed by atoms with E-state index in [0.29, 0.717) is 12.3 Å². The molecular weight excluding hydrogens is 392 g/mol. The molecule has 0 saturated carbocycles. The van der Waals surface area contributed by atoms with E-state index < -0.39 is 10.0 Å². The van der Waals surface area contributed by atoms with E-state index in [4.69, 9.17) is 9.47 Å². The number of sulfonamides is 1. The Hall–Kier alpha value is -2.68. The van der Waals surface area contributed by atoms with Crippen LogP contribution in [0, 0.1) is 0 Å². The second-order valence-electron chi connectivity index (χ2n) is 6.61. The van der Waals surface area contributed by atoms with Crippen molar-refractivity contribution in [2.24, 2.45) is 0 Å². The molecule has 8 heteroatoms. The fourth-order valence-corrected chi connectivity index (χ4v) is 3.95. The number of benzene rings is 2. The molecule has 3 rings (SSSR count). The van der Waals surface area contributed by atoms with E-state index in [9.17, 15) is 13.2 Å². The quantitative estimate of drug-likeness (QED) is 0.646. The molecule has 0 aliphatic carbocycles. The van der Waals surface area contributed by atoms with Gasteiger partial charge in [0, 0.05) is 24.9 Å². The molecule has 1 amide bonds. The maximum Gasteiger partial charge on any atom is 0.248 e. The van der Waals surface area contributed by atoms with Crippen molar-refractivity contribution in [2.75, 3.05) is 25.6 Å². The van der Waals surface area contributed by atoms with Gasteiger partial charge in [0.25, 0.3) is 0 Å². The zero-order chi connectivity index (χ0) is 20.7. The Morgan fingerprint density at radius 3 is 2.52 bits per heavy atom. The van der Waals surface area contributed by atoms with Crippen molar-refractivity contribution in [3.05, 3.63) is 60.2 Å². The van der Waals surface area contributed by atoms with E-state index >= 15 is 0 Å². The van der Waals surface area contributed by atoms with E-state index in [0.717, 1.165) is 24.2 Å². The number of methoxy groups -OCH3 is 1. The first-order valence-electron chi connectivity index (χ1n) is 9.31. The Kier molecular flexibility index (Phi) is 7.03. The van der Waals surface area contributed by atoms with Gasteiger partial charge in [-0.3, -0.25) is 4.79 Å². The Labute approximate surface area is 170 Å². The lowest BCUT2D eigenvalue weighted by Crippen LogP contribution is -2.31. The standard InChI is InChI=1S/C21H24N2O5S/c1-27-18-9-4-16(5-10-18)6-13-21(24)23-17-7-11-20(12-8-17)29(25,26)22-15-19-3-2-14-28-19/h4-13,19,22H,2-3,14-15H2,1H3,(H,23,24)/b13-6+. The second-order valence-corrected chi connectivity index (χ2v) is 8.37. The first kappa shape index (κ1) is 21.0. The maximum absolute atomic E-state index is 12.4. The summed E-state index contributed by atoms with van der Waals surface area (Å²) in [6.07, 6.45) is 4.84. The molecule has 2 aromatic carbocycles. The van der Waals surface area contributed by atoms with Gasteiger partial charge in [0.15, 0.2) is 0 Å². The van der Waals surface area contributed by atoms with Crippen LogP contribution < -0.4 is 14.8 Å². The van der Waals surface area contributed by atoms with Crippen LogP contribution in [0.2, 0.25) is 0 Å². The van der Waals surface area contributed by atoms with Crippen molar-refractivity contribution < 1.29 is 22.7 Å². The first-order chi connectivity index (χ1) is 14.0. The topological polar surface area (TPSA) is 93.7 Å². The minimum Gasteiger partial charge on any atom is -0.497 e. The van der Waals surface area contributed by atoms with Gasteiger partial charge in [-0.2, -0.15) is 0 Å². The molecule has 1 saturated heterocycles. The lowest BCUT2D eigenvalue weighted by molar-refractivity contribution is -0.111. The van der Waals surface area contributed by atoms with Gasteiger partial charge in [-0.05, 0) is 60.9 Å². The van der Waals surface area contributed by atoms with E-state index in [1.165, 1.54) is 18.2 Å². The summed E-state index contributed by atoms with van der Waals surface area (Å²) in [4.78, 5) is 12.2. The molecule has 0 spiro atoms. The second kappa shape index (κ2) is 9.69. The number of carbonyl (C=O) groups excluding carboxylic acids is 1. The molecule has 2 aromatic rings. The van der Waals surface area contributed by atoms with Gasteiger partial charge in [0.1, 0.15) is 5.75 Å². The molecule has 1 aliphatic rings. The summed E-state index contributed by atoms with van der Waals surface area (Å²) in [6, 6.07) is 13.3. The summed E-state index contributed by atoms with van der Waals surface area (Å²) in [5, 5.41) is 2.70. The molecule has 0 bridgehead atoms. The molecule has 1 aliphatic heterocycles. The molecule has 1 heterocycles. The molecule has 154 valence electrons. The van der Waals surface area contributed by atoms with Crippen LogP contribution in [0.4, 0.5) is 5.69 Å². The Balaban J connectivity index is 1.54. The van der Waals surface area contributed by atoms with Crippen LogP contribution in [0.3, 0.4) is 0 Å². The van der Waals surface area contributed by atoms with Gasteiger partial charge in [-0.25, -0.2) is 13.1 Å². The van der Waals surface area contributed by atoms with Crippen molar-refractivity contribution in [3.63, 3.8) is 0 Å². The molecule has 29 heavy (non-hydrogen) atoms. The van der Waals surface area contributed by atoms with Crippen molar-refractivity contribution in [1.29, 1.82) is 0 Å². The summed E-state index contributed by atoms with van der Waals surface area (Å²) in [6.45, 7) is 0.935. The number of amides is 1. The third-order valence-electron chi connectivity index (χ3n) is 4.50. The van der Waals surface area contributed by atoms with Gasteiger partial charge >= 0.3 is 0 Å². The molecule has 7 nitrogen and oxygen atoms in total. The van der Waals surface area contributed by atoms with Crippen LogP contribution in [0.5, 0.6) is 5.75 Å². The molecule has 0 aromatic heterocycles. The number of ether oxygens (including phenoxy) is 2. The largest absolute Gasteiger partial charge is 0.497 e. The fraction of sp³-hybridized carbons (Fsp3) is 0.286. The summed E-state index contributed by atoms with van der Waals surface area (Å²) in [5.74, 6) is 0.430. The highest BCUT2D eigenvalue weighted by molar-refractivity contribution is 7.89. The minimum atomic E-state index is -3.61. The van der Waals surface area contributed by atoms with Crippen LogP contribution in [-0.4, -0.2) is 40.7 Å². The number of carbonyl (C=O) groups is 1. The molecular formula is C21H24N2O5S. The van der Waals surface area contributed by atoms with Gasteiger partial charge in [0.05, 0.1) is 18.1 Å². The average Bonchev–Trinajstić information content (AvgIpc) is 3.25. The summed E-state index contributed by atoms with van der Waals surface area (Å²) in [7, 11) is -2.02. The predicted octanol–water partition coefficient (Wildman–Crippen LogP) is 2.80. The average molecular weight is 416 g/mol. The van der Waals surface area contributed by atoms with Gasteiger partial charge in [-0.15, -0.1) is 0 Å². The van der Waals surface area contributed by atoms with Crippen LogP contribution in [0.25, 0.3) is 6.08 Å². The number of hydrogen-bond acceptors (Lipinski definition) is 5. The number of nitrogens with one attached hydrogen (secondary N) is 2. The van der Waals surface area contributed by atoms with E-state index in [2.05, 4.69) is 10.0 Å². The highest BCUT2D eigenvalue weighted by Crippen LogP contribution is 2.16. The van der Waals surface area contributed by atoms with E-state index in [1.54, 1.807) is 25.3 Å². The number of anilines is 1. The molecule has 2 N–H and O–H groups in total. The van der Waals surface area contributed by atoms with Crippen molar-refractivity contribution in [3.8, 4) is 5.75 Å². The summed E-state index contributed by atoms with van der Waals surface area (Å²) in [5.41, 5.74) is 1.37. The molecule has 1 atom stereocenters.